The Balaban J connectivity index is 1.91. The van der Waals surface area contributed by atoms with E-state index in [1.807, 2.05) is 22.7 Å². The summed E-state index contributed by atoms with van der Waals surface area (Å²) in [5.41, 5.74) is 5.50. The van der Waals surface area contributed by atoms with Gasteiger partial charge in [0.2, 0.25) is 0 Å². The average molecular weight is 427 g/mol. The molecule has 0 fully saturated rings. The summed E-state index contributed by atoms with van der Waals surface area (Å²) in [7, 11) is -1.92. The van der Waals surface area contributed by atoms with E-state index in [1.54, 1.807) is 10.4 Å². The molecule has 142 valence electrons. The summed E-state index contributed by atoms with van der Waals surface area (Å²) in [5, 5.41) is 7.56. The number of allylic oxidation sites excluding steroid dienone is 2. The van der Waals surface area contributed by atoms with E-state index in [1.165, 1.54) is 32.0 Å². The Morgan fingerprint density at radius 2 is 0.931 bits per heavy atom. The maximum atomic E-state index is 2.52. The van der Waals surface area contributed by atoms with Crippen molar-refractivity contribution >= 4 is 52.3 Å². The highest BCUT2D eigenvalue weighted by Crippen LogP contribution is 2.56. The van der Waals surface area contributed by atoms with E-state index in [9.17, 15) is 0 Å². The lowest BCUT2D eigenvalue weighted by molar-refractivity contribution is 1.60. The molecule has 29 heavy (non-hydrogen) atoms. The molecule has 0 saturated heterocycles. The fourth-order valence-electron chi connectivity index (χ4n) is 4.49. The largest absolute Gasteiger partial charge is 0.145 e. The first-order chi connectivity index (χ1) is 14.2. The van der Waals surface area contributed by atoms with Crippen LogP contribution in [0.15, 0.2) is 95.7 Å². The zero-order valence-corrected chi connectivity index (χ0v) is 19.2. The van der Waals surface area contributed by atoms with Crippen molar-refractivity contribution in [3.63, 3.8) is 0 Å². The number of rotatable bonds is 4. The summed E-state index contributed by atoms with van der Waals surface area (Å²) >= 11 is 3.74. The van der Waals surface area contributed by atoms with E-state index in [-0.39, 0.29) is 0 Å². The Kier molecular flexibility index (Phi) is 4.74. The Labute approximate surface area is 181 Å². The molecule has 0 atom stereocenters. The molecule has 3 heteroatoms. The van der Waals surface area contributed by atoms with Crippen molar-refractivity contribution in [2.24, 2.45) is 0 Å². The third kappa shape index (κ3) is 3.10. The molecule has 0 aliphatic carbocycles. The number of hydrogen-bond acceptors (Lipinski definition) is 2. The molecule has 0 spiro atoms. The molecule has 0 radical (unpaired) electrons. The minimum absolute atomic E-state index is 1.32. The first-order valence-corrected chi connectivity index (χ1v) is 14.6. The van der Waals surface area contributed by atoms with Crippen molar-refractivity contribution in [3.05, 3.63) is 117 Å². The van der Waals surface area contributed by atoms with E-state index in [0.717, 1.165) is 0 Å². The average Bonchev–Trinajstić information content (AvgIpc) is 3.48. The minimum Gasteiger partial charge on any atom is -0.145 e. The van der Waals surface area contributed by atoms with Crippen LogP contribution in [0, 0.1) is 0 Å². The first kappa shape index (κ1) is 18.6. The smallest absolute Gasteiger partial charge is 0.117 e. The molecule has 1 aliphatic rings. The normalized spacial score (nSPS) is 15.9. The SMILES string of the molecule is C[Si]1(C)C(c2cccs2)=C(c2ccccc2)C(c2ccccc2)=C1c1cccs1. The van der Waals surface area contributed by atoms with Gasteiger partial charge in [-0.15, -0.1) is 22.7 Å². The number of benzene rings is 2. The Morgan fingerprint density at radius 1 is 0.517 bits per heavy atom. The van der Waals surface area contributed by atoms with E-state index < -0.39 is 8.07 Å². The lowest BCUT2D eigenvalue weighted by Crippen LogP contribution is -2.27. The van der Waals surface area contributed by atoms with Crippen LogP contribution in [0.4, 0.5) is 0 Å². The molecule has 0 unspecified atom stereocenters. The lowest BCUT2D eigenvalue weighted by atomic mass is 9.91. The fourth-order valence-corrected chi connectivity index (χ4v) is 11.2. The van der Waals surface area contributed by atoms with Gasteiger partial charge in [-0.1, -0.05) is 85.9 Å². The van der Waals surface area contributed by atoms with Crippen molar-refractivity contribution in [2.75, 3.05) is 0 Å². The highest BCUT2D eigenvalue weighted by molar-refractivity contribution is 7.23. The monoisotopic (exact) mass is 426 g/mol. The second kappa shape index (κ2) is 7.41. The second-order valence-corrected chi connectivity index (χ2v) is 14.0. The molecule has 0 bridgehead atoms. The molecule has 0 amide bonds. The van der Waals surface area contributed by atoms with Crippen molar-refractivity contribution in [3.8, 4) is 0 Å². The molecule has 5 rings (SSSR count). The molecule has 4 aromatic rings. The predicted octanol–water partition coefficient (Wildman–Crippen LogP) is 8.13. The van der Waals surface area contributed by atoms with Gasteiger partial charge in [0.05, 0.1) is 0 Å². The Bertz CT molecular complexity index is 1080. The molecule has 2 aromatic carbocycles. The van der Waals surface area contributed by atoms with Crippen LogP contribution in [0.5, 0.6) is 0 Å². The van der Waals surface area contributed by atoms with E-state index in [0.29, 0.717) is 0 Å². The van der Waals surface area contributed by atoms with Gasteiger partial charge in [-0.25, -0.2) is 0 Å². The third-order valence-electron chi connectivity index (χ3n) is 5.66. The molecule has 0 nitrogen and oxygen atoms in total. The summed E-state index contributed by atoms with van der Waals surface area (Å²) in [4.78, 5) is 2.83. The highest BCUT2D eigenvalue weighted by Gasteiger charge is 2.44. The van der Waals surface area contributed by atoms with Crippen molar-refractivity contribution < 1.29 is 0 Å². The van der Waals surface area contributed by atoms with Crippen LogP contribution >= 0.6 is 22.7 Å². The molecular weight excluding hydrogens is 405 g/mol. The summed E-state index contributed by atoms with van der Waals surface area (Å²) in [6.45, 7) is 5.05. The van der Waals surface area contributed by atoms with Crippen molar-refractivity contribution in [2.45, 2.75) is 13.1 Å². The molecule has 1 aliphatic heterocycles. The van der Waals surface area contributed by atoms with Gasteiger partial charge >= 0.3 is 0 Å². The van der Waals surface area contributed by atoms with Crippen LogP contribution in [0.3, 0.4) is 0 Å². The van der Waals surface area contributed by atoms with Gasteiger partial charge in [0.15, 0.2) is 0 Å². The predicted molar refractivity (Wildman–Crippen MR) is 133 cm³/mol. The van der Waals surface area contributed by atoms with Gasteiger partial charge in [0, 0.05) is 9.75 Å². The van der Waals surface area contributed by atoms with Crippen LogP contribution in [-0.2, 0) is 0 Å². The quantitative estimate of drug-likeness (QED) is 0.289. The fraction of sp³-hybridized carbons (Fsp3) is 0.0769. The third-order valence-corrected chi connectivity index (χ3v) is 11.3. The van der Waals surface area contributed by atoms with Crippen molar-refractivity contribution in [1.29, 1.82) is 0 Å². The second-order valence-electron chi connectivity index (χ2n) is 7.81. The molecule has 2 aromatic heterocycles. The van der Waals surface area contributed by atoms with E-state index in [4.69, 9.17) is 0 Å². The van der Waals surface area contributed by atoms with Gasteiger partial charge in [-0.2, -0.15) is 0 Å². The standard InChI is InChI=1S/C26H22S2Si/c1-29(2)25(21-15-9-17-27-21)23(19-11-5-3-6-12-19)24(20-13-7-4-8-14-20)26(29)22-16-10-18-28-22/h3-18H,1-2H3. The summed E-state index contributed by atoms with van der Waals surface area (Å²) in [6.07, 6.45) is 0. The van der Waals surface area contributed by atoms with Gasteiger partial charge in [0.25, 0.3) is 0 Å². The van der Waals surface area contributed by atoms with Gasteiger partial charge in [-0.05, 0) is 55.6 Å². The van der Waals surface area contributed by atoms with Crippen LogP contribution in [0.2, 0.25) is 13.1 Å². The number of thiophene rings is 2. The Morgan fingerprint density at radius 3 is 1.28 bits per heavy atom. The van der Waals surface area contributed by atoms with Gasteiger partial charge in [0.1, 0.15) is 8.07 Å². The summed E-state index contributed by atoms with van der Waals surface area (Å²) in [5.74, 6) is 0. The zero-order valence-electron chi connectivity index (χ0n) is 16.6. The van der Waals surface area contributed by atoms with Crippen LogP contribution in [0.1, 0.15) is 20.9 Å². The van der Waals surface area contributed by atoms with Gasteiger partial charge in [-0.3, -0.25) is 0 Å². The van der Waals surface area contributed by atoms with Crippen molar-refractivity contribution in [1.82, 2.24) is 0 Å². The summed E-state index contributed by atoms with van der Waals surface area (Å²) < 4.78 is 0. The zero-order chi connectivity index (χ0) is 19.8. The molecule has 0 saturated carbocycles. The van der Waals surface area contributed by atoms with Crippen LogP contribution < -0.4 is 0 Å². The number of hydrogen-bond donors (Lipinski definition) is 0. The maximum Gasteiger partial charge on any atom is 0.117 e. The van der Waals surface area contributed by atoms with Gasteiger partial charge < -0.3 is 0 Å². The van der Waals surface area contributed by atoms with E-state index >= 15 is 0 Å². The first-order valence-electron chi connectivity index (χ1n) is 9.86. The highest BCUT2D eigenvalue weighted by atomic mass is 32.1. The molecule has 3 heterocycles. The topological polar surface area (TPSA) is 0 Å². The summed E-state index contributed by atoms with van der Waals surface area (Å²) in [6, 6.07) is 30.9. The minimum atomic E-state index is -1.92. The van der Waals surface area contributed by atoms with Crippen LogP contribution in [-0.4, -0.2) is 8.07 Å². The maximum absolute atomic E-state index is 2.52. The Hall–Kier alpha value is -2.46. The lowest BCUT2D eigenvalue weighted by Gasteiger charge is -2.24. The van der Waals surface area contributed by atoms with Crippen LogP contribution in [0.25, 0.3) is 21.5 Å². The van der Waals surface area contributed by atoms with E-state index in [2.05, 4.69) is 109 Å². The molecular formula is C26H22S2Si. The molecule has 0 N–H and O–H groups in total.